The average molecular weight is 399 g/mol. The third-order valence-electron chi connectivity index (χ3n) is 3.20. The summed E-state index contributed by atoms with van der Waals surface area (Å²) in [6.07, 6.45) is 0. The van der Waals surface area contributed by atoms with Crippen LogP contribution < -0.4 is 0 Å². The first-order valence-electron chi connectivity index (χ1n) is 6.06. The normalized spacial score (nSPS) is 13.8. The predicted octanol–water partition coefficient (Wildman–Crippen LogP) is 3.37. The lowest BCUT2D eigenvalue weighted by atomic mass is 10.1. The summed E-state index contributed by atoms with van der Waals surface area (Å²) in [5, 5.41) is 0. The SMILES string of the molecule is O=C1c2ccc(I)cc2C(=O)N1Cc1cc(F)cc(F)c1. The maximum absolute atomic E-state index is 13.2. The molecule has 0 N–H and O–H groups in total. The van der Waals surface area contributed by atoms with E-state index in [1.807, 2.05) is 22.6 Å². The number of hydrogen-bond acceptors (Lipinski definition) is 2. The van der Waals surface area contributed by atoms with Gasteiger partial charge in [0.2, 0.25) is 0 Å². The van der Waals surface area contributed by atoms with Crippen LogP contribution >= 0.6 is 22.6 Å². The molecule has 2 aromatic carbocycles. The van der Waals surface area contributed by atoms with Crippen LogP contribution in [0.15, 0.2) is 36.4 Å². The van der Waals surface area contributed by atoms with Crippen LogP contribution in [0.2, 0.25) is 0 Å². The van der Waals surface area contributed by atoms with Gasteiger partial charge in [0.1, 0.15) is 11.6 Å². The Kier molecular flexibility index (Phi) is 3.48. The van der Waals surface area contributed by atoms with Crippen molar-refractivity contribution in [1.29, 1.82) is 0 Å². The smallest absolute Gasteiger partial charge is 0.261 e. The van der Waals surface area contributed by atoms with Crippen molar-refractivity contribution in [2.45, 2.75) is 6.54 Å². The number of carbonyl (C=O) groups is 2. The summed E-state index contributed by atoms with van der Waals surface area (Å²) in [4.78, 5) is 25.5. The van der Waals surface area contributed by atoms with Crippen molar-refractivity contribution in [2.75, 3.05) is 0 Å². The number of fused-ring (bicyclic) bond motifs is 1. The van der Waals surface area contributed by atoms with Crippen molar-refractivity contribution in [3.05, 3.63) is 68.3 Å². The lowest BCUT2D eigenvalue weighted by molar-refractivity contribution is 0.0642. The van der Waals surface area contributed by atoms with Crippen LogP contribution in [0.1, 0.15) is 26.3 Å². The highest BCUT2D eigenvalue weighted by molar-refractivity contribution is 14.1. The molecule has 0 spiro atoms. The van der Waals surface area contributed by atoms with Crippen LogP contribution in [0.5, 0.6) is 0 Å². The van der Waals surface area contributed by atoms with Gasteiger partial charge in [0.25, 0.3) is 11.8 Å². The van der Waals surface area contributed by atoms with Gasteiger partial charge >= 0.3 is 0 Å². The number of imide groups is 1. The molecule has 0 aliphatic carbocycles. The Morgan fingerprint density at radius 3 is 2.19 bits per heavy atom. The highest BCUT2D eigenvalue weighted by Gasteiger charge is 2.35. The van der Waals surface area contributed by atoms with Gasteiger partial charge in [-0.3, -0.25) is 14.5 Å². The van der Waals surface area contributed by atoms with Crippen LogP contribution in [0, 0.1) is 15.2 Å². The van der Waals surface area contributed by atoms with E-state index in [0.717, 1.165) is 26.7 Å². The van der Waals surface area contributed by atoms with Gasteiger partial charge in [0.15, 0.2) is 0 Å². The molecule has 3 nitrogen and oxygen atoms in total. The molecule has 0 saturated carbocycles. The number of benzene rings is 2. The number of carbonyl (C=O) groups excluding carboxylic acids is 2. The second-order valence-corrected chi connectivity index (χ2v) is 5.91. The Morgan fingerprint density at radius 2 is 1.52 bits per heavy atom. The van der Waals surface area contributed by atoms with Gasteiger partial charge in [-0.1, -0.05) is 0 Å². The molecule has 3 rings (SSSR count). The molecule has 1 aliphatic heterocycles. The Bertz CT molecular complexity index is 756. The minimum atomic E-state index is -0.740. The first-order valence-corrected chi connectivity index (χ1v) is 7.14. The standard InChI is InChI=1S/C15H8F2INO2/c16-9-3-8(4-10(17)5-9)7-19-14(20)12-2-1-11(18)6-13(12)15(19)21/h1-6H,7H2. The summed E-state index contributed by atoms with van der Waals surface area (Å²) in [6, 6.07) is 7.91. The third kappa shape index (κ3) is 2.55. The predicted molar refractivity (Wildman–Crippen MR) is 79.7 cm³/mol. The fourth-order valence-electron chi connectivity index (χ4n) is 2.29. The monoisotopic (exact) mass is 399 g/mol. The maximum atomic E-state index is 13.2. The van der Waals surface area contributed by atoms with Gasteiger partial charge < -0.3 is 0 Å². The number of halogens is 3. The molecule has 106 valence electrons. The lowest BCUT2D eigenvalue weighted by Crippen LogP contribution is -2.29. The molecular formula is C15H8F2INO2. The van der Waals surface area contributed by atoms with E-state index in [4.69, 9.17) is 0 Å². The molecule has 0 radical (unpaired) electrons. The summed E-state index contributed by atoms with van der Waals surface area (Å²) in [5.74, 6) is -2.37. The van der Waals surface area contributed by atoms with Gasteiger partial charge in [-0.15, -0.1) is 0 Å². The highest BCUT2D eigenvalue weighted by Crippen LogP contribution is 2.26. The van der Waals surface area contributed by atoms with Crippen molar-refractivity contribution in [3.8, 4) is 0 Å². The van der Waals surface area contributed by atoms with Crippen molar-refractivity contribution < 1.29 is 18.4 Å². The first-order chi connectivity index (χ1) is 9.95. The Labute approximate surface area is 132 Å². The summed E-state index contributed by atoms with van der Waals surface area (Å²) >= 11 is 2.05. The van der Waals surface area contributed by atoms with Gasteiger partial charge in [0.05, 0.1) is 17.7 Å². The quantitative estimate of drug-likeness (QED) is 0.574. The lowest BCUT2D eigenvalue weighted by Gasteiger charge is -2.13. The Hall–Kier alpha value is -1.83. The molecule has 2 amide bonds. The first kappa shape index (κ1) is 14.1. The number of hydrogen-bond donors (Lipinski definition) is 0. The summed E-state index contributed by atoms with van der Waals surface area (Å²) in [6.45, 7) is -0.155. The van der Waals surface area contributed by atoms with Gasteiger partial charge in [-0.05, 0) is 58.5 Å². The van der Waals surface area contributed by atoms with Gasteiger partial charge in [-0.2, -0.15) is 0 Å². The van der Waals surface area contributed by atoms with Crippen LogP contribution in [0.25, 0.3) is 0 Å². The van der Waals surface area contributed by atoms with Crippen molar-refractivity contribution in [2.24, 2.45) is 0 Å². The second-order valence-electron chi connectivity index (χ2n) is 4.66. The van der Waals surface area contributed by atoms with Crippen LogP contribution in [0.3, 0.4) is 0 Å². The highest BCUT2D eigenvalue weighted by atomic mass is 127. The zero-order valence-corrected chi connectivity index (χ0v) is 12.7. The van der Waals surface area contributed by atoms with Crippen LogP contribution in [-0.4, -0.2) is 16.7 Å². The zero-order valence-electron chi connectivity index (χ0n) is 10.6. The fourth-order valence-corrected chi connectivity index (χ4v) is 2.78. The topological polar surface area (TPSA) is 37.4 Å². The van der Waals surface area contributed by atoms with E-state index in [9.17, 15) is 18.4 Å². The molecule has 1 heterocycles. The van der Waals surface area contributed by atoms with E-state index in [-0.39, 0.29) is 12.1 Å². The molecule has 0 aromatic heterocycles. The third-order valence-corrected chi connectivity index (χ3v) is 3.87. The largest absolute Gasteiger partial charge is 0.270 e. The molecule has 2 aromatic rings. The minimum Gasteiger partial charge on any atom is -0.270 e. The second kappa shape index (κ2) is 5.18. The molecular weight excluding hydrogens is 391 g/mol. The number of amides is 2. The molecule has 0 unspecified atom stereocenters. The molecule has 0 fully saturated rings. The van der Waals surface area contributed by atoms with Crippen LogP contribution in [-0.2, 0) is 6.54 Å². The van der Waals surface area contributed by atoms with E-state index >= 15 is 0 Å². The fraction of sp³-hybridized carbons (Fsp3) is 0.0667. The number of nitrogens with zero attached hydrogens (tertiary/aromatic N) is 1. The van der Waals surface area contributed by atoms with Crippen molar-refractivity contribution in [1.82, 2.24) is 4.90 Å². The maximum Gasteiger partial charge on any atom is 0.261 e. The van der Waals surface area contributed by atoms with E-state index in [1.165, 1.54) is 0 Å². The Morgan fingerprint density at radius 1 is 0.905 bits per heavy atom. The summed E-state index contributed by atoms with van der Waals surface area (Å²) in [5.41, 5.74) is 0.873. The molecule has 21 heavy (non-hydrogen) atoms. The van der Waals surface area contributed by atoms with Crippen molar-refractivity contribution >= 4 is 34.4 Å². The van der Waals surface area contributed by atoms with Gasteiger partial charge in [-0.25, -0.2) is 8.78 Å². The van der Waals surface area contributed by atoms with E-state index < -0.39 is 23.4 Å². The molecule has 0 saturated heterocycles. The van der Waals surface area contributed by atoms with Gasteiger partial charge in [0, 0.05) is 9.64 Å². The molecule has 0 atom stereocenters. The van der Waals surface area contributed by atoms with Crippen molar-refractivity contribution in [3.63, 3.8) is 0 Å². The van der Waals surface area contributed by atoms with E-state index in [1.54, 1.807) is 18.2 Å². The van der Waals surface area contributed by atoms with E-state index in [0.29, 0.717) is 11.1 Å². The minimum absolute atomic E-state index is 0.155. The molecule has 1 aliphatic rings. The van der Waals surface area contributed by atoms with E-state index in [2.05, 4.69) is 0 Å². The van der Waals surface area contributed by atoms with Crippen LogP contribution in [0.4, 0.5) is 8.78 Å². The molecule has 6 heteroatoms. The number of rotatable bonds is 2. The average Bonchev–Trinajstić information content (AvgIpc) is 2.62. The summed E-state index contributed by atoms with van der Waals surface area (Å²) in [7, 11) is 0. The zero-order chi connectivity index (χ0) is 15.1. The molecule has 0 bridgehead atoms. The summed E-state index contributed by atoms with van der Waals surface area (Å²) < 4.78 is 27.2. The Balaban J connectivity index is 1.95.